The summed E-state index contributed by atoms with van der Waals surface area (Å²) < 4.78 is 4.48. The second kappa shape index (κ2) is 5.18. The number of methoxy groups -OCH3 is 1. The molecule has 9 heavy (non-hydrogen) atoms. The Kier molecular flexibility index (Phi) is 4.63. The van der Waals surface area contributed by atoms with Crippen molar-refractivity contribution in [2.24, 2.45) is 0 Å². The summed E-state index contributed by atoms with van der Waals surface area (Å²) in [5.74, 6) is -0.204. The largest absolute Gasteiger partial charge is 0.377 e. The summed E-state index contributed by atoms with van der Waals surface area (Å²) in [5, 5.41) is 0. The third-order valence-electron chi connectivity index (χ3n) is 0.647. The average Bonchev–Trinajstić information content (AvgIpc) is 1.85. The minimum absolute atomic E-state index is 0.0321. The van der Waals surface area contributed by atoms with Gasteiger partial charge < -0.3 is 4.74 Å². The summed E-state index contributed by atoms with van der Waals surface area (Å²) >= 11 is 0. The van der Waals surface area contributed by atoms with Crippen molar-refractivity contribution >= 4 is 12.1 Å². The Balaban J connectivity index is 3.49. The quantitative estimate of drug-likeness (QED) is 0.394. The van der Waals surface area contributed by atoms with Crippen molar-refractivity contribution in [1.82, 2.24) is 0 Å². The molecule has 0 unspecified atom stereocenters. The fraction of sp³-hybridized carbons (Fsp3) is 0.333. The van der Waals surface area contributed by atoms with E-state index in [0.29, 0.717) is 6.29 Å². The number of ether oxygens (including phenoxy) is 1. The van der Waals surface area contributed by atoms with Crippen molar-refractivity contribution in [2.45, 2.75) is 0 Å². The Morgan fingerprint density at radius 3 is 2.78 bits per heavy atom. The van der Waals surface area contributed by atoms with Crippen molar-refractivity contribution in [2.75, 3.05) is 13.7 Å². The van der Waals surface area contributed by atoms with E-state index in [-0.39, 0.29) is 12.4 Å². The minimum atomic E-state index is -0.204. The maximum Gasteiger partial charge on any atom is 0.181 e. The Labute approximate surface area is 53.3 Å². The second-order valence-electron chi connectivity index (χ2n) is 1.39. The zero-order valence-corrected chi connectivity index (χ0v) is 5.16. The van der Waals surface area contributed by atoms with E-state index in [9.17, 15) is 9.59 Å². The number of carbonyl (C=O) groups excluding carboxylic acids is 2. The number of ketones is 1. The molecule has 0 radical (unpaired) electrons. The van der Waals surface area contributed by atoms with E-state index in [0.717, 1.165) is 6.08 Å². The Hall–Kier alpha value is -0.960. The molecule has 0 aliphatic carbocycles. The molecule has 50 valence electrons. The molecule has 3 heteroatoms. The van der Waals surface area contributed by atoms with Crippen LogP contribution in [0.1, 0.15) is 0 Å². The fourth-order valence-corrected chi connectivity index (χ4v) is 0.337. The van der Waals surface area contributed by atoms with Gasteiger partial charge in [-0.15, -0.1) is 0 Å². The van der Waals surface area contributed by atoms with Crippen LogP contribution in [0.3, 0.4) is 0 Å². The molecular formula is C6H8O3. The highest BCUT2D eigenvalue weighted by molar-refractivity contribution is 5.93. The molecule has 0 spiro atoms. The first kappa shape index (κ1) is 8.04. The van der Waals surface area contributed by atoms with Crippen LogP contribution in [0.4, 0.5) is 0 Å². The van der Waals surface area contributed by atoms with Crippen molar-refractivity contribution < 1.29 is 14.3 Å². The number of allylic oxidation sites excluding steroid dienone is 1. The molecule has 0 heterocycles. The van der Waals surface area contributed by atoms with Gasteiger partial charge in [-0.2, -0.15) is 0 Å². The average molecular weight is 128 g/mol. The number of rotatable bonds is 4. The molecule has 0 atom stereocenters. The molecule has 0 aromatic rings. The van der Waals surface area contributed by atoms with Gasteiger partial charge in [0.15, 0.2) is 5.78 Å². The van der Waals surface area contributed by atoms with Gasteiger partial charge in [-0.1, -0.05) is 0 Å². The van der Waals surface area contributed by atoms with Gasteiger partial charge in [0.25, 0.3) is 0 Å². The predicted octanol–water partition coefficient (Wildman–Crippen LogP) is -0.0430. The van der Waals surface area contributed by atoms with E-state index >= 15 is 0 Å². The van der Waals surface area contributed by atoms with Crippen molar-refractivity contribution in [3.8, 4) is 0 Å². The van der Waals surface area contributed by atoms with Crippen LogP contribution in [0.5, 0.6) is 0 Å². The highest BCUT2D eigenvalue weighted by Gasteiger charge is 1.90. The highest BCUT2D eigenvalue weighted by Crippen LogP contribution is 1.75. The van der Waals surface area contributed by atoms with E-state index in [2.05, 4.69) is 4.74 Å². The van der Waals surface area contributed by atoms with Crippen molar-refractivity contribution in [3.05, 3.63) is 12.2 Å². The van der Waals surface area contributed by atoms with Crippen LogP contribution in [0.2, 0.25) is 0 Å². The fourth-order valence-electron chi connectivity index (χ4n) is 0.337. The second-order valence-corrected chi connectivity index (χ2v) is 1.39. The predicted molar refractivity (Wildman–Crippen MR) is 32.1 cm³/mol. The van der Waals surface area contributed by atoms with Gasteiger partial charge in [0.05, 0.1) is 0 Å². The highest BCUT2D eigenvalue weighted by atomic mass is 16.5. The molecule has 0 aromatic carbocycles. The lowest BCUT2D eigenvalue weighted by Gasteiger charge is -1.87. The lowest BCUT2D eigenvalue weighted by atomic mass is 10.4. The van der Waals surface area contributed by atoms with Crippen LogP contribution in [0.15, 0.2) is 12.2 Å². The van der Waals surface area contributed by atoms with Crippen LogP contribution < -0.4 is 0 Å². The van der Waals surface area contributed by atoms with Gasteiger partial charge in [-0.3, -0.25) is 9.59 Å². The van der Waals surface area contributed by atoms with Gasteiger partial charge in [-0.05, 0) is 12.2 Å². The first-order chi connectivity index (χ1) is 4.31. The molecule has 0 saturated heterocycles. The monoisotopic (exact) mass is 128 g/mol. The third-order valence-corrected chi connectivity index (χ3v) is 0.647. The van der Waals surface area contributed by atoms with E-state index in [4.69, 9.17) is 0 Å². The van der Waals surface area contributed by atoms with Gasteiger partial charge in [0, 0.05) is 7.11 Å². The first-order valence-electron chi connectivity index (χ1n) is 2.45. The van der Waals surface area contributed by atoms with Gasteiger partial charge >= 0.3 is 0 Å². The third kappa shape index (κ3) is 4.90. The van der Waals surface area contributed by atoms with Gasteiger partial charge in [0.2, 0.25) is 0 Å². The van der Waals surface area contributed by atoms with Crippen LogP contribution in [-0.4, -0.2) is 25.8 Å². The Bertz CT molecular complexity index is 126. The summed E-state index contributed by atoms with van der Waals surface area (Å²) in [4.78, 5) is 20.1. The van der Waals surface area contributed by atoms with Gasteiger partial charge in [0.1, 0.15) is 12.9 Å². The first-order valence-corrected chi connectivity index (χ1v) is 2.45. The molecule has 0 aromatic heterocycles. The molecule has 0 aliphatic rings. The molecule has 0 rings (SSSR count). The van der Waals surface area contributed by atoms with E-state index < -0.39 is 0 Å². The molecule has 3 nitrogen and oxygen atoms in total. The van der Waals surface area contributed by atoms with E-state index in [1.807, 2.05) is 0 Å². The van der Waals surface area contributed by atoms with Crippen LogP contribution in [0.25, 0.3) is 0 Å². The van der Waals surface area contributed by atoms with Crippen molar-refractivity contribution in [3.63, 3.8) is 0 Å². The molecule has 0 saturated carbocycles. The molecule has 0 fully saturated rings. The normalized spacial score (nSPS) is 9.89. The Morgan fingerprint density at radius 1 is 1.67 bits per heavy atom. The number of hydrogen-bond acceptors (Lipinski definition) is 3. The number of carbonyl (C=O) groups is 2. The van der Waals surface area contributed by atoms with Crippen molar-refractivity contribution in [1.29, 1.82) is 0 Å². The summed E-state index contributed by atoms with van der Waals surface area (Å²) in [7, 11) is 1.42. The van der Waals surface area contributed by atoms with E-state index in [1.165, 1.54) is 13.2 Å². The lowest BCUT2D eigenvalue weighted by molar-refractivity contribution is -0.118. The molecule has 0 N–H and O–H groups in total. The molecule has 0 aliphatic heterocycles. The Morgan fingerprint density at radius 2 is 2.33 bits per heavy atom. The maximum atomic E-state index is 10.4. The SMILES string of the molecule is COCC(=O)C=CC=O. The molecular weight excluding hydrogens is 120 g/mol. The van der Waals surface area contributed by atoms with Crippen LogP contribution >= 0.6 is 0 Å². The van der Waals surface area contributed by atoms with E-state index in [1.54, 1.807) is 0 Å². The summed E-state index contributed by atoms with van der Waals surface area (Å²) in [6.45, 7) is 0.0321. The topological polar surface area (TPSA) is 43.4 Å². The summed E-state index contributed by atoms with van der Waals surface area (Å²) in [6, 6.07) is 0. The smallest absolute Gasteiger partial charge is 0.181 e. The zero-order chi connectivity index (χ0) is 7.11. The van der Waals surface area contributed by atoms with Crippen LogP contribution in [-0.2, 0) is 14.3 Å². The lowest BCUT2D eigenvalue weighted by Crippen LogP contribution is -2.01. The molecule has 0 amide bonds. The summed E-state index contributed by atoms with van der Waals surface area (Å²) in [6.07, 6.45) is 2.87. The summed E-state index contributed by atoms with van der Waals surface area (Å²) in [5.41, 5.74) is 0. The zero-order valence-electron chi connectivity index (χ0n) is 5.16. The maximum absolute atomic E-state index is 10.4. The van der Waals surface area contributed by atoms with Gasteiger partial charge in [-0.25, -0.2) is 0 Å². The minimum Gasteiger partial charge on any atom is -0.377 e. The standard InChI is InChI=1S/C6H8O3/c1-9-5-6(8)3-2-4-7/h2-4H,5H2,1H3. The molecule has 0 bridgehead atoms. The number of hydrogen-bond donors (Lipinski definition) is 0. The number of aldehydes is 1. The van der Waals surface area contributed by atoms with Crippen LogP contribution in [0, 0.1) is 0 Å².